The molecule has 1 atom stereocenters. The van der Waals surface area contributed by atoms with Crippen LogP contribution in [0.25, 0.3) is 0 Å². The van der Waals surface area contributed by atoms with Crippen LogP contribution in [-0.4, -0.2) is 30.2 Å². The first-order valence-electron chi connectivity index (χ1n) is 7.86. The predicted molar refractivity (Wildman–Crippen MR) is 84.6 cm³/mol. The molecule has 1 saturated heterocycles. The highest BCUT2D eigenvalue weighted by atomic mass is 16.5. The molecule has 1 aromatic carbocycles. The predicted octanol–water partition coefficient (Wildman–Crippen LogP) is 3.44. The van der Waals surface area contributed by atoms with E-state index in [-0.39, 0.29) is 0 Å². The summed E-state index contributed by atoms with van der Waals surface area (Å²) in [7, 11) is 0. The Morgan fingerprint density at radius 3 is 2.80 bits per heavy atom. The van der Waals surface area contributed by atoms with Crippen molar-refractivity contribution < 1.29 is 4.74 Å². The van der Waals surface area contributed by atoms with E-state index in [4.69, 9.17) is 10.5 Å². The molecule has 3 heteroatoms. The molecule has 2 N–H and O–H groups in total. The van der Waals surface area contributed by atoms with Crippen molar-refractivity contribution in [3.05, 3.63) is 29.8 Å². The maximum atomic E-state index is 6.05. The molecule has 0 radical (unpaired) electrons. The zero-order chi connectivity index (χ0) is 14.4. The van der Waals surface area contributed by atoms with E-state index in [1.54, 1.807) is 0 Å². The summed E-state index contributed by atoms with van der Waals surface area (Å²) in [4.78, 5) is 2.50. The van der Waals surface area contributed by atoms with Crippen LogP contribution in [0.15, 0.2) is 24.3 Å². The number of ether oxygens (including phenoxy) is 1. The molecule has 2 rings (SSSR count). The molecule has 0 saturated carbocycles. The molecule has 1 aliphatic heterocycles. The Kier molecular flexibility index (Phi) is 5.86. The van der Waals surface area contributed by atoms with E-state index in [1.165, 1.54) is 31.2 Å². The first kappa shape index (κ1) is 15.3. The van der Waals surface area contributed by atoms with Crippen LogP contribution in [0.3, 0.4) is 0 Å². The molecule has 112 valence electrons. The second kappa shape index (κ2) is 7.65. The van der Waals surface area contributed by atoms with E-state index in [0.717, 1.165) is 25.4 Å². The molecule has 1 unspecified atom stereocenters. The Balaban J connectivity index is 1.82. The number of nitrogens with zero attached hydrogens (tertiary/aromatic N) is 1. The van der Waals surface area contributed by atoms with Gasteiger partial charge >= 0.3 is 0 Å². The van der Waals surface area contributed by atoms with E-state index in [2.05, 4.69) is 30.9 Å². The highest BCUT2D eigenvalue weighted by Gasteiger charge is 2.16. The Bertz CT molecular complexity index is 400. The van der Waals surface area contributed by atoms with E-state index < -0.39 is 0 Å². The fourth-order valence-electron chi connectivity index (χ4n) is 2.81. The van der Waals surface area contributed by atoms with Gasteiger partial charge in [-0.25, -0.2) is 0 Å². The van der Waals surface area contributed by atoms with E-state index in [1.807, 2.05) is 12.1 Å². The average molecular weight is 276 g/mol. The zero-order valence-electron chi connectivity index (χ0n) is 12.8. The van der Waals surface area contributed by atoms with Crippen molar-refractivity contribution in [2.75, 3.05) is 18.9 Å². The van der Waals surface area contributed by atoms with Crippen molar-refractivity contribution >= 4 is 5.69 Å². The van der Waals surface area contributed by atoms with Crippen molar-refractivity contribution in [1.29, 1.82) is 0 Å². The monoisotopic (exact) mass is 276 g/mol. The first-order chi connectivity index (χ1) is 9.66. The molecule has 1 heterocycles. The third kappa shape index (κ3) is 4.50. The molecule has 3 nitrogen and oxygen atoms in total. The summed E-state index contributed by atoms with van der Waals surface area (Å²) in [6.07, 6.45) is 5.38. The number of para-hydroxylation sites is 1. The smallest absolute Gasteiger partial charge is 0.0576 e. The van der Waals surface area contributed by atoms with Crippen molar-refractivity contribution in [2.45, 2.75) is 58.2 Å². The number of benzene rings is 1. The highest BCUT2D eigenvalue weighted by Crippen LogP contribution is 2.19. The van der Waals surface area contributed by atoms with Crippen LogP contribution in [0.1, 0.15) is 45.1 Å². The first-order valence-corrected chi connectivity index (χ1v) is 7.86. The molecule has 1 aromatic rings. The Morgan fingerprint density at radius 2 is 2.15 bits per heavy atom. The summed E-state index contributed by atoms with van der Waals surface area (Å²) < 4.78 is 5.69. The summed E-state index contributed by atoms with van der Waals surface area (Å²) in [5, 5.41) is 0. The van der Waals surface area contributed by atoms with Gasteiger partial charge in [0.25, 0.3) is 0 Å². The fourth-order valence-corrected chi connectivity index (χ4v) is 2.81. The lowest BCUT2D eigenvalue weighted by Crippen LogP contribution is -2.32. The average Bonchev–Trinajstić information content (AvgIpc) is 2.93. The molecule has 0 amide bonds. The minimum absolute atomic E-state index is 0.505. The maximum Gasteiger partial charge on any atom is 0.0576 e. The molecule has 0 aromatic heterocycles. The van der Waals surface area contributed by atoms with Gasteiger partial charge in [0, 0.05) is 24.9 Å². The van der Waals surface area contributed by atoms with Gasteiger partial charge in [0.05, 0.1) is 6.10 Å². The molecular weight excluding hydrogens is 248 g/mol. The lowest BCUT2D eigenvalue weighted by molar-refractivity contribution is 0.0963. The Morgan fingerprint density at radius 1 is 1.35 bits per heavy atom. The summed E-state index contributed by atoms with van der Waals surface area (Å²) in [6, 6.07) is 8.72. The van der Waals surface area contributed by atoms with Gasteiger partial charge in [-0.2, -0.15) is 0 Å². The van der Waals surface area contributed by atoms with Gasteiger partial charge in [0.1, 0.15) is 0 Å². The summed E-state index contributed by atoms with van der Waals surface area (Å²) in [5.74, 6) is 0. The Hall–Kier alpha value is -1.06. The highest BCUT2D eigenvalue weighted by molar-refractivity contribution is 5.46. The quantitative estimate of drug-likeness (QED) is 0.775. The van der Waals surface area contributed by atoms with Crippen LogP contribution in [-0.2, 0) is 11.3 Å². The van der Waals surface area contributed by atoms with E-state index >= 15 is 0 Å². The van der Waals surface area contributed by atoms with Crippen LogP contribution >= 0.6 is 0 Å². The topological polar surface area (TPSA) is 38.5 Å². The maximum absolute atomic E-state index is 6.05. The minimum Gasteiger partial charge on any atom is -0.398 e. The normalized spacial score (nSPS) is 19.1. The third-order valence-electron chi connectivity index (χ3n) is 4.15. The van der Waals surface area contributed by atoms with Crippen LogP contribution in [0.4, 0.5) is 5.69 Å². The summed E-state index contributed by atoms with van der Waals surface area (Å²) in [5.41, 5.74) is 8.19. The number of hydrogen-bond acceptors (Lipinski definition) is 3. The van der Waals surface area contributed by atoms with E-state index in [0.29, 0.717) is 12.1 Å². The van der Waals surface area contributed by atoms with Crippen molar-refractivity contribution in [1.82, 2.24) is 4.90 Å². The number of rotatable bonds is 7. The molecular formula is C17H28N2O. The fraction of sp³-hybridized carbons (Fsp3) is 0.647. The van der Waals surface area contributed by atoms with Crippen molar-refractivity contribution in [3.63, 3.8) is 0 Å². The van der Waals surface area contributed by atoms with E-state index in [9.17, 15) is 0 Å². The van der Waals surface area contributed by atoms with Crippen LogP contribution < -0.4 is 5.73 Å². The van der Waals surface area contributed by atoms with Crippen LogP contribution in [0.2, 0.25) is 0 Å². The Labute approximate surface area is 123 Å². The SMILES string of the molecule is CC(C)N(CCCC1CCCO1)Cc1ccccc1N. The largest absolute Gasteiger partial charge is 0.398 e. The third-order valence-corrected chi connectivity index (χ3v) is 4.15. The molecule has 0 spiro atoms. The standard InChI is InChI=1S/C17H28N2O/c1-14(2)19(11-5-8-16-9-6-12-20-16)13-15-7-3-4-10-17(15)18/h3-4,7,10,14,16H,5-6,8-9,11-13,18H2,1-2H3. The summed E-state index contributed by atoms with van der Waals surface area (Å²) >= 11 is 0. The number of nitrogen functional groups attached to an aromatic ring is 1. The zero-order valence-corrected chi connectivity index (χ0v) is 12.8. The van der Waals surface area contributed by atoms with Gasteiger partial charge < -0.3 is 10.5 Å². The molecule has 1 fully saturated rings. The molecule has 1 aliphatic rings. The van der Waals surface area contributed by atoms with Gasteiger partial charge in [-0.3, -0.25) is 4.90 Å². The van der Waals surface area contributed by atoms with Crippen molar-refractivity contribution in [2.24, 2.45) is 0 Å². The molecule has 0 aliphatic carbocycles. The number of nitrogens with two attached hydrogens (primary N) is 1. The second-order valence-electron chi connectivity index (χ2n) is 6.04. The van der Waals surface area contributed by atoms with Crippen molar-refractivity contribution in [3.8, 4) is 0 Å². The van der Waals surface area contributed by atoms with Gasteiger partial charge in [-0.15, -0.1) is 0 Å². The molecule has 20 heavy (non-hydrogen) atoms. The number of hydrogen-bond donors (Lipinski definition) is 1. The lowest BCUT2D eigenvalue weighted by Gasteiger charge is -2.27. The van der Waals surface area contributed by atoms with Gasteiger partial charge in [0.2, 0.25) is 0 Å². The van der Waals surface area contributed by atoms with Gasteiger partial charge in [-0.05, 0) is 57.7 Å². The van der Waals surface area contributed by atoms with Gasteiger partial charge in [0.15, 0.2) is 0 Å². The summed E-state index contributed by atoms with van der Waals surface area (Å²) in [6.45, 7) is 7.53. The molecule has 0 bridgehead atoms. The minimum atomic E-state index is 0.505. The van der Waals surface area contributed by atoms with Gasteiger partial charge in [-0.1, -0.05) is 18.2 Å². The van der Waals surface area contributed by atoms with Crippen LogP contribution in [0, 0.1) is 0 Å². The second-order valence-corrected chi connectivity index (χ2v) is 6.04. The number of anilines is 1. The lowest BCUT2D eigenvalue weighted by atomic mass is 10.1. The van der Waals surface area contributed by atoms with Crippen LogP contribution in [0.5, 0.6) is 0 Å².